The fourth-order valence-corrected chi connectivity index (χ4v) is 2.55. The summed E-state index contributed by atoms with van der Waals surface area (Å²) >= 11 is 0. The van der Waals surface area contributed by atoms with Gasteiger partial charge in [0.1, 0.15) is 5.69 Å². The Balaban J connectivity index is 2.03. The van der Waals surface area contributed by atoms with Crippen molar-refractivity contribution in [3.63, 3.8) is 0 Å². The summed E-state index contributed by atoms with van der Waals surface area (Å²) in [5, 5.41) is 11.3. The average Bonchev–Trinajstić information content (AvgIpc) is 2.96. The summed E-state index contributed by atoms with van der Waals surface area (Å²) in [6.07, 6.45) is 5.22. The maximum absolute atomic E-state index is 11.3. The molecule has 0 aliphatic heterocycles. The van der Waals surface area contributed by atoms with Crippen molar-refractivity contribution in [3.05, 3.63) is 70.9 Å². The molecule has 4 aromatic rings. The smallest absolute Gasteiger partial charge is 0.264 e. The van der Waals surface area contributed by atoms with Crippen LogP contribution in [0.2, 0.25) is 0 Å². The second-order valence-corrected chi connectivity index (χ2v) is 5.30. The van der Waals surface area contributed by atoms with Crippen LogP contribution in [-0.4, -0.2) is 24.8 Å². The molecular weight excluding hydrogens is 290 g/mol. The summed E-state index contributed by atoms with van der Waals surface area (Å²) in [5.74, 6) is 0. The van der Waals surface area contributed by atoms with E-state index in [2.05, 4.69) is 20.3 Å². The van der Waals surface area contributed by atoms with Crippen molar-refractivity contribution in [3.8, 4) is 22.5 Å². The van der Waals surface area contributed by atoms with Crippen LogP contribution in [0.4, 0.5) is 0 Å². The lowest BCUT2D eigenvalue weighted by atomic mass is 10.0. The van der Waals surface area contributed by atoms with Crippen LogP contribution in [0.3, 0.4) is 0 Å². The van der Waals surface area contributed by atoms with E-state index in [1.807, 2.05) is 31.2 Å². The number of fused-ring (bicyclic) bond motifs is 1. The lowest BCUT2D eigenvalue weighted by Gasteiger charge is -2.03. The first-order valence-corrected chi connectivity index (χ1v) is 7.18. The summed E-state index contributed by atoms with van der Waals surface area (Å²) in [5.41, 5.74) is 5.08. The molecule has 23 heavy (non-hydrogen) atoms. The van der Waals surface area contributed by atoms with Gasteiger partial charge in [-0.3, -0.25) is 9.78 Å². The molecule has 6 nitrogen and oxygen atoms in total. The van der Waals surface area contributed by atoms with E-state index in [1.54, 1.807) is 29.2 Å². The molecule has 0 amide bonds. The number of hydrogen-bond acceptors (Lipinski definition) is 4. The Labute approximate surface area is 131 Å². The third-order valence-corrected chi connectivity index (χ3v) is 3.70. The Morgan fingerprint density at radius 1 is 1.09 bits per heavy atom. The third kappa shape index (κ3) is 2.30. The zero-order chi connectivity index (χ0) is 15.8. The Kier molecular flexibility index (Phi) is 3.01. The van der Waals surface area contributed by atoms with Gasteiger partial charge in [0.25, 0.3) is 5.56 Å². The zero-order valence-corrected chi connectivity index (χ0v) is 12.4. The van der Waals surface area contributed by atoms with Gasteiger partial charge < -0.3 is 0 Å². The highest BCUT2D eigenvalue weighted by molar-refractivity contribution is 5.90. The minimum absolute atomic E-state index is 0.236. The molecule has 3 aromatic heterocycles. The van der Waals surface area contributed by atoms with Gasteiger partial charge in [-0.25, -0.2) is 9.61 Å². The summed E-state index contributed by atoms with van der Waals surface area (Å²) in [7, 11) is 0. The van der Waals surface area contributed by atoms with E-state index >= 15 is 0 Å². The van der Waals surface area contributed by atoms with E-state index < -0.39 is 0 Å². The summed E-state index contributed by atoms with van der Waals surface area (Å²) in [6.45, 7) is 2.04. The minimum Gasteiger partial charge on any atom is -0.268 e. The van der Waals surface area contributed by atoms with E-state index in [-0.39, 0.29) is 5.56 Å². The number of aromatic nitrogens is 5. The monoisotopic (exact) mass is 303 g/mol. The lowest BCUT2D eigenvalue weighted by molar-refractivity contribution is 0.950. The maximum Gasteiger partial charge on any atom is 0.264 e. The highest BCUT2D eigenvalue weighted by Gasteiger charge is 2.17. The predicted molar refractivity (Wildman–Crippen MR) is 87.0 cm³/mol. The van der Waals surface area contributed by atoms with Crippen LogP contribution in [0.1, 0.15) is 5.56 Å². The highest BCUT2D eigenvalue weighted by Crippen LogP contribution is 2.33. The topological polar surface area (TPSA) is 75.9 Å². The maximum atomic E-state index is 11.3. The van der Waals surface area contributed by atoms with Crippen molar-refractivity contribution in [1.29, 1.82) is 0 Å². The molecule has 0 unspecified atom stereocenters. The van der Waals surface area contributed by atoms with E-state index in [0.717, 1.165) is 22.3 Å². The van der Waals surface area contributed by atoms with Gasteiger partial charge in [0.15, 0.2) is 0 Å². The van der Waals surface area contributed by atoms with Crippen LogP contribution in [-0.2, 0) is 0 Å². The molecule has 6 heteroatoms. The quantitative estimate of drug-likeness (QED) is 0.617. The molecule has 1 aromatic carbocycles. The number of H-pyrrole nitrogens is 1. The highest BCUT2D eigenvalue weighted by atomic mass is 16.1. The summed E-state index contributed by atoms with van der Waals surface area (Å²) < 4.78 is 1.77. The molecule has 4 rings (SSSR count). The van der Waals surface area contributed by atoms with E-state index in [1.165, 1.54) is 11.6 Å². The number of nitrogens with zero attached hydrogens (tertiary/aromatic N) is 4. The van der Waals surface area contributed by atoms with Crippen molar-refractivity contribution in [2.45, 2.75) is 6.92 Å². The molecule has 0 atom stereocenters. The second-order valence-electron chi connectivity index (χ2n) is 5.30. The molecule has 0 saturated heterocycles. The number of benzene rings is 1. The van der Waals surface area contributed by atoms with Gasteiger partial charge in [0.2, 0.25) is 0 Å². The first-order chi connectivity index (χ1) is 11.2. The SMILES string of the molecule is Cc1ccc(-c2nn3ccncc3c2-c2ccc(=O)[nH]n2)cc1. The first-order valence-electron chi connectivity index (χ1n) is 7.18. The van der Waals surface area contributed by atoms with Crippen LogP contribution >= 0.6 is 0 Å². The zero-order valence-electron chi connectivity index (χ0n) is 12.4. The molecule has 0 aliphatic rings. The molecule has 112 valence electrons. The van der Waals surface area contributed by atoms with Gasteiger partial charge >= 0.3 is 0 Å². The van der Waals surface area contributed by atoms with E-state index in [0.29, 0.717) is 5.69 Å². The van der Waals surface area contributed by atoms with Crippen molar-refractivity contribution < 1.29 is 0 Å². The normalized spacial score (nSPS) is 11.0. The molecule has 3 heterocycles. The molecule has 0 spiro atoms. The van der Waals surface area contributed by atoms with Crippen LogP contribution in [0.25, 0.3) is 28.0 Å². The van der Waals surface area contributed by atoms with Crippen molar-refractivity contribution in [1.82, 2.24) is 24.8 Å². The summed E-state index contributed by atoms with van der Waals surface area (Å²) in [6, 6.07) is 11.3. The number of rotatable bonds is 2. The molecule has 0 bridgehead atoms. The lowest BCUT2D eigenvalue weighted by Crippen LogP contribution is -2.05. The predicted octanol–water partition coefficient (Wildman–Crippen LogP) is 2.46. The standard InChI is InChI=1S/C17H13N5O/c1-11-2-4-12(5-3-11)17-16(13-6-7-15(23)20-19-13)14-10-18-8-9-22(14)21-17/h2-10H,1H3,(H,20,23). The third-order valence-electron chi connectivity index (χ3n) is 3.70. The van der Waals surface area contributed by atoms with Crippen molar-refractivity contribution >= 4 is 5.52 Å². The average molecular weight is 303 g/mol. The molecule has 0 aliphatic carbocycles. The van der Waals surface area contributed by atoms with Crippen LogP contribution in [0.15, 0.2) is 59.8 Å². The molecular formula is C17H13N5O. The van der Waals surface area contributed by atoms with Crippen LogP contribution in [0, 0.1) is 6.92 Å². The fraction of sp³-hybridized carbons (Fsp3) is 0.0588. The van der Waals surface area contributed by atoms with Crippen molar-refractivity contribution in [2.24, 2.45) is 0 Å². The Morgan fingerprint density at radius 3 is 2.65 bits per heavy atom. The molecule has 0 radical (unpaired) electrons. The van der Waals surface area contributed by atoms with Gasteiger partial charge in [-0.05, 0) is 13.0 Å². The van der Waals surface area contributed by atoms with Crippen LogP contribution in [0.5, 0.6) is 0 Å². The number of aromatic amines is 1. The fourth-order valence-electron chi connectivity index (χ4n) is 2.55. The van der Waals surface area contributed by atoms with Gasteiger partial charge in [-0.15, -0.1) is 0 Å². The Bertz CT molecular complexity index is 1030. The number of hydrogen-bond donors (Lipinski definition) is 1. The molecule has 1 N–H and O–H groups in total. The largest absolute Gasteiger partial charge is 0.268 e. The van der Waals surface area contributed by atoms with Gasteiger partial charge in [0, 0.05) is 24.0 Å². The first kappa shape index (κ1) is 13.4. The number of aryl methyl sites for hydroxylation is 1. The summed E-state index contributed by atoms with van der Waals surface area (Å²) in [4.78, 5) is 15.5. The van der Waals surface area contributed by atoms with Gasteiger partial charge in [0.05, 0.1) is 23.0 Å². The van der Waals surface area contributed by atoms with Crippen LogP contribution < -0.4 is 5.56 Å². The number of nitrogens with one attached hydrogen (secondary N) is 1. The minimum atomic E-state index is -0.236. The van der Waals surface area contributed by atoms with Gasteiger partial charge in [-0.1, -0.05) is 29.8 Å². The van der Waals surface area contributed by atoms with Gasteiger partial charge in [-0.2, -0.15) is 10.2 Å². The van der Waals surface area contributed by atoms with E-state index in [4.69, 9.17) is 0 Å². The molecule has 0 saturated carbocycles. The van der Waals surface area contributed by atoms with E-state index in [9.17, 15) is 4.79 Å². The second kappa shape index (κ2) is 5.17. The molecule has 0 fully saturated rings. The Hall–Kier alpha value is -3.28. The Morgan fingerprint density at radius 2 is 1.91 bits per heavy atom. The van der Waals surface area contributed by atoms with Crippen molar-refractivity contribution in [2.75, 3.05) is 0 Å².